The number of pyridine rings is 1. The van der Waals surface area contributed by atoms with Crippen molar-refractivity contribution in [2.75, 3.05) is 13.2 Å². The van der Waals surface area contributed by atoms with E-state index < -0.39 is 0 Å². The van der Waals surface area contributed by atoms with Crippen LogP contribution in [0.1, 0.15) is 5.56 Å². The Kier molecular flexibility index (Phi) is 2.07. The molecule has 0 saturated carbocycles. The quantitative estimate of drug-likeness (QED) is 0.791. The summed E-state index contributed by atoms with van der Waals surface area (Å²) in [6.45, 7) is 1.38. The smallest absolute Gasteiger partial charge is 0.218 e. The highest BCUT2D eigenvalue weighted by Crippen LogP contribution is 2.19. The van der Waals surface area contributed by atoms with Crippen LogP contribution < -0.4 is 0 Å². The van der Waals surface area contributed by atoms with Gasteiger partial charge in [0.05, 0.1) is 13.2 Å². The van der Waals surface area contributed by atoms with Gasteiger partial charge in [0.15, 0.2) is 5.65 Å². The highest BCUT2D eigenvalue weighted by molar-refractivity contribution is 9.10. The number of rotatable bonds is 1. The van der Waals surface area contributed by atoms with Crippen LogP contribution in [0.2, 0.25) is 0 Å². The first-order valence-corrected chi connectivity index (χ1v) is 5.41. The second-order valence-electron chi connectivity index (χ2n) is 3.35. The summed E-state index contributed by atoms with van der Waals surface area (Å²) >= 11 is 3.25. The molecule has 0 atom stereocenters. The van der Waals surface area contributed by atoms with E-state index in [4.69, 9.17) is 4.74 Å². The lowest BCUT2D eigenvalue weighted by Crippen LogP contribution is -1.93. The standard InChI is InChI=1S/C10H8BrN3O/c11-10-12-9-2-1-7(5-14(9)13-10)8-3-4-15-6-8/h1-3,5H,4,6H2. The fraction of sp³-hybridized carbons (Fsp3) is 0.200. The van der Waals surface area contributed by atoms with Crippen molar-refractivity contribution >= 4 is 27.2 Å². The molecule has 1 aliphatic rings. The molecule has 0 fully saturated rings. The van der Waals surface area contributed by atoms with Gasteiger partial charge in [0.2, 0.25) is 4.73 Å². The van der Waals surface area contributed by atoms with Crippen molar-refractivity contribution in [1.82, 2.24) is 14.6 Å². The van der Waals surface area contributed by atoms with Gasteiger partial charge >= 0.3 is 0 Å². The molecule has 76 valence electrons. The minimum absolute atomic E-state index is 0.608. The predicted molar refractivity (Wildman–Crippen MR) is 59.5 cm³/mol. The van der Waals surface area contributed by atoms with Gasteiger partial charge in [-0.05, 0) is 39.2 Å². The van der Waals surface area contributed by atoms with Crippen LogP contribution in [-0.4, -0.2) is 27.8 Å². The number of ether oxygens (including phenoxy) is 1. The van der Waals surface area contributed by atoms with Crippen LogP contribution in [0.4, 0.5) is 0 Å². The molecule has 0 bridgehead atoms. The Labute approximate surface area is 94.7 Å². The van der Waals surface area contributed by atoms with Gasteiger partial charge in [-0.1, -0.05) is 6.08 Å². The van der Waals surface area contributed by atoms with E-state index in [1.165, 1.54) is 5.57 Å². The molecule has 5 heteroatoms. The van der Waals surface area contributed by atoms with Gasteiger partial charge in [-0.3, -0.25) is 0 Å². The molecule has 1 aliphatic heterocycles. The summed E-state index contributed by atoms with van der Waals surface area (Å²) in [6.07, 6.45) is 4.06. The van der Waals surface area contributed by atoms with Gasteiger partial charge < -0.3 is 4.74 Å². The zero-order valence-electron chi connectivity index (χ0n) is 7.85. The van der Waals surface area contributed by atoms with E-state index in [1.807, 2.05) is 18.3 Å². The Bertz CT molecular complexity index is 547. The molecule has 0 aromatic carbocycles. The molecule has 4 nitrogen and oxygen atoms in total. The van der Waals surface area contributed by atoms with Crippen molar-refractivity contribution in [3.05, 3.63) is 34.7 Å². The van der Waals surface area contributed by atoms with E-state index in [2.05, 4.69) is 32.1 Å². The van der Waals surface area contributed by atoms with Crippen molar-refractivity contribution < 1.29 is 4.74 Å². The molecular formula is C10H8BrN3O. The van der Waals surface area contributed by atoms with Crippen molar-refractivity contribution in [3.63, 3.8) is 0 Å². The SMILES string of the molecule is Brc1nc2ccc(C3=CCOC3)cn2n1. The summed E-state index contributed by atoms with van der Waals surface area (Å²) in [5.74, 6) is 0. The molecular weight excluding hydrogens is 258 g/mol. The van der Waals surface area contributed by atoms with E-state index in [-0.39, 0.29) is 0 Å². The Morgan fingerprint density at radius 2 is 2.33 bits per heavy atom. The van der Waals surface area contributed by atoms with Gasteiger partial charge in [-0.15, -0.1) is 5.10 Å². The molecule has 3 rings (SSSR count). The van der Waals surface area contributed by atoms with Crippen molar-refractivity contribution in [2.24, 2.45) is 0 Å². The third-order valence-electron chi connectivity index (χ3n) is 2.38. The van der Waals surface area contributed by atoms with Gasteiger partial charge in [0.25, 0.3) is 0 Å². The Morgan fingerprint density at radius 3 is 3.13 bits per heavy atom. The summed E-state index contributed by atoms with van der Waals surface area (Å²) in [5, 5.41) is 4.20. The zero-order valence-corrected chi connectivity index (χ0v) is 9.44. The minimum atomic E-state index is 0.608. The van der Waals surface area contributed by atoms with Gasteiger partial charge in [-0.25, -0.2) is 9.50 Å². The van der Waals surface area contributed by atoms with Crippen LogP contribution in [0.15, 0.2) is 29.1 Å². The average Bonchev–Trinajstić information content (AvgIpc) is 2.82. The normalized spacial score (nSPS) is 15.9. The first-order chi connectivity index (χ1) is 7.33. The molecule has 2 aromatic heterocycles. The largest absolute Gasteiger partial charge is 0.373 e. The molecule has 0 aliphatic carbocycles. The molecule has 0 amide bonds. The summed E-state index contributed by atoms with van der Waals surface area (Å²) in [4.78, 5) is 4.20. The maximum Gasteiger partial charge on any atom is 0.218 e. The van der Waals surface area contributed by atoms with Crippen LogP contribution in [0.25, 0.3) is 11.2 Å². The average molecular weight is 266 g/mol. The van der Waals surface area contributed by atoms with E-state index in [1.54, 1.807) is 4.52 Å². The third-order valence-corrected chi connectivity index (χ3v) is 2.72. The number of hydrogen-bond acceptors (Lipinski definition) is 3. The van der Waals surface area contributed by atoms with Crippen molar-refractivity contribution in [3.8, 4) is 0 Å². The lowest BCUT2D eigenvalue weighted by atomic mass is 10.1. The van der Waals surface area contributed by atoms with Gasteiger partial charge in [0, 0.05) is 6.20 Å². The van der Waals surface area contributed by atoms with E-state index in [0.717, 1.165) is 11.2 Å². The molecule has 0 saturated heterocycles. The predicted octanol–water partition coefficient (Wildman–Crippen LogP) is 1.91. The number of fused-ring (bicyclic) bond motifs is 1. The number of hydrogen-bond donors (Lipinski definition) is 0. The van der Waals surface area contributed by atoms with E-state index >= 15 is 0 Å². The molecule has 15 heavy (non-hydrogen) atoms. The molecule has 2 aromatic rings. The van der Waals surface area contributed by atoms with Crippen LogP contribution in [-0.2, 0) is 4.74 Å². The maximum atomic E-state index is 5.28. The second kappa shape index (κ2) is 3.43. The number of aromatic nitrogens is 3. The third kappa shape index (κ3) is 1.57. The highest BCUT2D eigenvalue weighted by Gasteiger charge is 2.09. The van der Waals surface area contributed by atoms with Gasteiger partial charge in [-0.2, -0.15) is 0 Å². The molecule has 0 spiro atoms. The molecule has 0 N–H and O–H groups in total. The monoisotopic (exact) mass is 265 g/mol. The first kappa shape index (κ1) is 9.06. The highest BCUT2D eigenvalue weighted by atomic mass is 79.9. The first-order valence-electron chi connectivity index (χ1n) is 4.62. The summed E-state index contributed by atoms with van der Waals surface area (Å²) in [7, 11) is 0. The fourth-order valence-corrected chi connectivity index (χ4v) is 1.99. The van der Waals surface area contributed by atoms with E-state index in [0.29, 0.717) is 17.9 Å². The van der Waals surface area contributed by atoms with Crippen molar-refractivity contribution in [1.29, 1.82) is 0 Å². The van der Waals surface area contributed by atoms with Crippen LogP contribution in [0, 0.1) is 0 Å². The molecule has 0 unspecified atom stereocenters. The topological polar surface area (TPSA) is 39.4 Å². The summed E-state index contributed by atoms with van der Waals surface area (Å²) in [5.41, 5.74) is 3.19. The minimum Gasteiger partial charge on any atom is -0.373 e. The molecule has 3 heterocycles. The fourth-order valence-electron chi connectivity index (χ4n) is 1.63. The molecule has 0 radical (unpaired) electrons. The number of nitrogens with zero attached hydrogens (tertiary/aromatic N) is 3. The Hall–Kier alpha value is -1.20. The van der Waals surface area contributed by atoms with Gasteiger partial charge in [0.1, 0.15) is 0 Å². The summed E-state index contributed by atoms with van der Waals surface area (Å²) < 4.78 is 7.65. The number of halogens is 1. The Morgan fingerprint density at radius 1 is 1.40 bits per heavy atom. The Balaban J connectivity index is 2.12. The van der Waals surface area contributed by atoms with E-state index in [9.17, 15) is 0 Å². The van der Waals surface area contributed by atoms with Crippen LogP contribution >= 0.6 is 15.9 Å². The van der Waals surface area contributed by atoms with Crippen molar-refractivity contribution in [2.45, 2.75) is 0 Å². The zero-order chi connectivity index (χ0) is 10.3. The maximum absolute atomic E-state index is 5.28. The lowest BCUT2D eigenvalue weighted by Gasteiger charge is -2.00. The van der Waals surface area contributed by atoms with Crippen LogP contribution in [0.5, 0.6) is 0 Å². The summed E-state index contributed by atoms with van der Waals surface area (Å²) in [6, 6.07) is 3.99. The second-order valence-corrected chi connectivity index (χ2v) is 4.06. The van der Waals surface area contributed by atoms with Crippen LogP contribution in [0.3, 0.4) is 0 Å². The lowest BCUT2D eigenvalue weighted by molar-refractivity contribution is 0.216.